The number of methoxy groups -OCH3 is 1. The number of benzene rings is 1. The first-order valence-corrected chi connectivity index (χ1v) is 5.88. The summed E-state index contributed by atoms with van der Waals surface area (Å²) >= 11 is 7.08. The Hall–Kier alpha value is -1.13. The number of aryl methyl sites for hydroxylation is 1. The molecule has 0 amide bonds. The van der Waals surface area contributed by atoms with Gasteiger partial charge in [0.25, 0.3) is 0 Å². The molecule has 1 aromatic heterocycles. The molecular weight excluding hydrogens is 244 g/mol. The van der Waals surface area contributed by atoms with E-state index in [2.05, 4.69) is 8.75 Å². The Morgan fingerprint density at radius 3 is 2.56 bits per heavy atom. The first-order chi connectivity index (χ1) is 7.65. The van der Waals surface area contributed by atoms with Gasteiger partial charge in [-0.1, -0.05) is 17.7 Å². The highest BCUT2D eigenvalue weighted by Gasteiger charge is 2.15. The van der Waals surface area contributed by atoms with Gasteiger partial charge in [-0.15, -0.1) is 0 Å². The van der Waals surface area contributed by atoms with Gasteiger partial charge in [-0.25, -0.2) is 0 Å². The summed E-state index contributed by atoms with van der Waals surface area (Å²) in [6, 6.07) is 3.99. The molecule has 16 heavy (non-hydrogen) atoms. The molecule has 0 spiro atoms. The van der Waals surface area contributed by atoms with Crippen LogP contribution in [0.25, 0.3) is 11.3 Å². The minimum Gasteiger partial charge on any atom is -0.496 e. The maximum Gasteiger partial charge on any atom is 0.171 e. The van der Waals surface area contributed by atoms with E-state index in [1.165, 1.54) is 5.56 Å². The van der Waals surface area contributed by atoms with Crippen molar-refractivity contribution in [1.82, 2.24) is 8.75 Å². The Bertz CT molecular complexity index is 525. The molecule has 0 aliphatic rings. The van der Waals surface area contributed by atoms with Gasteiger partial charge >= 0.3 is 0 Å². The van der Waals surface area contributed by atoms with Crippen molar-refractivity contribution in [2.24, 2.45) is 0 Å². The SMILES string of the molecule is COc1c(-c2nsnc2Cl)ccc(C)c1C. The molecule has 2 rings (SSSR count). The Balaban J connectivity index is 2.66. The fourth-order valence-corrected chi connectivity index (χ4v) is 2.33. The zero-order valence-electron chi connectivity index (χ0n) is 9.24. The number of aromatic nitrogens is 2. The molecule has 0 unspecified atom stereocenters. The molecule has 0 saturated carbocycles. The quantitative estimate of drug-likeness (QED) is 0.823. The highest BCUT2D eigenvalue weighted by Crippen LogP contribution is 2.36. The third-order valence-corrected chi connectivity index (χ3v) is 3.48. The molecule has 0 N–H and O–H groups in total. The third kappa shape index (κ3) is 1.79. The molecule has 3 nitrogen and oxygen atoms in total. The zero-order chi connectivity index (χ0) is 11.7. The Labute approximate surface area is 103 Å². The van der Waals surface area contributed by atoms with Crippen molar-refractivity contribution in [2.75, 3.05) is 7.11 Å². The summed E-state index contributed by atoms with van der Waals surface area (Å²) in [6.45, 7) is 4.06. The van der Waals surface area contributed by atoms with E-state index in [4.69, 9.17) is 16.3 Å². The summed E-state index contributed by atoms with van der Waals surface area (Å²) in [6.07, 6.45) is 0. The Kier molecular flexibility index (Phi) is 3.12. The fourth-order valence-electron chi connectivity index (χ4n) is 1.58. The van der Waals surface area contributed by atoms with E-state index in [-0.39, 0.29) is 0 Å². The molecule has 0 radical (unpaired) electrons. The Morgan fingerprint density at radius 1 is 1.25 bits per heavy atom. The van der Waals surface area contributed by atoms with Crippen LogP contribution in [-0.4, -0.2) is 15.9 Å². The average molecular weight is 255 g/mol. The second-order valence-corrected chi connectivity index (χ2v) is 4.38. The van der Waals surface area contributed by atoms with Crippen LogP contribution in [-0.2, 0) is 0 Å². The summed E-state index contributed by atoms with van der Waals surface area (Å²) < 4.78 is 13.6. The van der Waals surface area contributed by atoms with Crippen LogP contribution in [0.5, 0.6) is 5.75 Å². The zero-order valence-corrected chi connectivity index (χ0v) is 10.8. The molecule has 0 aliphatic carbocycles. The van der Waals surface area contributed by atoms with Crippen LogP contribution in [0.4, 0.5) is 0 Å². The van der Waals surface area contributed by atoms with Crippen molar-refractivity contribution < 1.29 is 4.74 Å². The van der Waals surface area contributed by atoms with Crippen molar-refractivity contribution >= 4 is 23.3 Å². The molecule has 0 fully saturated rings. The molecule has 0 aliphatic heterocycles. The molecule has 84 valence electrons. The number of nitrogens with zero attached hydrogens (tertiary/aromatic N) is 2. The number of halogens is 1. The van der Waals surface area contributed by atoms with Gasteiger partial charge in [0.05, 0.1) is 18.8 Å². The minimum absolute atomic E-state index is 0.423. The van der Waals surface area contributed by atoms with Gasteiger partial charge in [-0.3, -0.25) is 0 Å². The van der Waals surface area contributed by atoms with Crippen LogP contribution < -0.4 is 4.74 Å². The lowest BCUT2D eigenvalue weighted by Gasteiger charge is -2.11. The van der Waals surface area contributed by atoms with Crippen molar-refractivity contribution in [3.8, 4) is 17.0 Å². The van der Waals surface area contributed by atoms with Crippen LogP contribution in [0.1, 0.15) is 11.1 Å². The first-order valence-electron chi connectivity index (χ1n) is 4.77. The highest BCUT2D eigenvalue weighted by molar-refractivity contribution is 6.99. The fraction of sp³-hybridized carbons (Fsp3) is 0.273. The van der Waals surface area contributed by atoms with E-state index in [0.29, 0.717) is 10.8 Å². The monoisotopic (exact) mass is 254 g/mol. The molecule has 1 aromatic carbocycles. The van der Waals surface area contributed by atoms with Crippen LogP contribution in [0.15, 0.2) is 12.1 Å². The van der Waals surface area contributed by atoms with Gasteiger partial charge in [0.1, 0.15) is 11.4 Å². The van der Waals surface area contributed by atoms with E-state index >= 15 is 0 Å². The smallest absolute Gasteiger partial charge is 0.171 e. The van der Waals surface area contributed by atoms with E-state index in [1.807, 2.05) is 26.0 Å². The van der Waals surface area contributed by atoms with Gasteiger partial charge in [0.15, 0.2) is 5.15 Å². The van der Waals surface area contributed by atoms with E-state index < -0.39 is 0 Å². The topological polar surface area (TPSA) is 35.0 Å². The van der Waals surface area contributed by atoms with Crippen molar-refractivity contribution in [2.45, 2.75) is 13.8 Å². The van der Waals surface area contributed by atoms with Crippen LogP contribution >= 0.6 is 23.3 Å². The van der Waals surface area contributed by atoms with Gasteiger partial charge in [-0.05, 0) is 31.0 Å². The first kappa shape index (κ1) is 11.4. The van der Waals surface area contributed by atoms with Gasteiger partial charge in [0, 0.05) is 5.56 Å². The molecule has 0 saturated heterocycles. The second kappa shape index (κ2) is 4.39. The maximum absolute atomic E-state index is 5.98. The van der Waals surface area contributed by atoms with Crippen LogP contribution in [0.2, 0.25) is 5.15 Å². The van der Waals surface area contributed by atoms with Gasteiger partial charge < -0.3 is 4.74 Å². The predicted octanol–water partition coefficient (Wildman–Crippen LogP) is 3.48. The summed E-state index contributed by atoms with van der Waals surface area (Å²) in [4.78, 5) is 0. The van der Waals surface area contributed by atoms with Crippen LogP contribution in [0, 0.1) is 13.8 Å². The lowest BCUT2D eigenvalue weighted by Crippen LogP contribution is -1.94. The van der Waals surface area contributed by atoms with E-state index in [1.54, 1.807) is 7.11 Å². The molecule has 0 atom stereocenters. The number of hydrogen-bond donors (Lipinski definition) is 0. The van der Waals surface area contributed by atoms with E-state index in [0.717, 1.165) is 28.6 Å². The highest BCUT2D eigenvalue weighted by atomic mass is 35.5. The average Bonchev–Trinajstić information content (AvgIpc) is 2.68. The lowest BCUT2D eigenvalue weighted by molar-refractivity contribution is 0.413. The van der Waals surface area contributed by atoms with Crippen molar-refractivity contribution in [1.29, 1.82) is 0 Å². The minimum atomic E-state index is 0.423. The summed E-state index contributed by atoms with van der Waals surface area (Å²) in [5.74, 6) is 0.814. The number of hydrogen-bond acceptors (Lipinski definition) is 4. The van der Waals surface area contributed by atoms with Gasteiger partial charge in [-0.2, -0.15) is 8.75 Å². The summed E-state index contributed by atoms with van der Waals surface area (Å²) in [7, 11) is 1.65. The predicted molar refractivity (Wildman–Crippen MR) is 66.4 cm³/mol. The molecule has 2 aromatic rings. The number of ether oxygens (including phenoxy) is 1. The number of rotatable bonds is 2. The largest absolute Gasteiger partial charge is 0.496 e. The summed E-state index contributed by atoms with van der Waals surface area (Å²) in [5, 5.41) is 0.423. The normalized spacial score (nSPS) is 10.5. The maximum atomic E-state index is 5.98. The van der Waals surface area contributed by atoms with Crippen molar-refractivity contribution in [3.63, 3.8) is 0 Å². The van der Waals surface area contributed by atoms with Crippen LogP contribution in [0.3, 0.4) is 0 Å². The third-order valence-electron chi connectivity index (χ3n) is 2.58. The molecule has 0 bridgehead atoms. The van der Waals surface area contributed by atoms with E-state index in [9.17, 15) is 0 Å². The second-order valence-electron chi connectivity index (χ2n) is 3.49. The lowest BCUT2D eigenvalue weighted by atomic mass is 10.0. The molecular formula is C11H11ClN2OS. The molecule has 5 heteroatoms. The standard InChI is InChI=1S/C11H11ClN2OS/c1-6-4-5-8(10(15-3)7(6)2)9-11(12)14-16-13-9/h4-5H,1-3H3. The van der Waals surface area contributed by atoms with Crippen molar-refractivity contribution in [3.05, 3.63) is 28.4 Å². The molecule has 1 heterocycles. The Morgan fingerprint density at radius 2 is 2.00 bits per heavy atom. The summed E-state index contributed by atoms with van der Waals surface area (Å²) in [5.41, 5.74) is 3.86. The van der Waals surface area contributed by atoms with Gasteiger partial charge in [0.2, 0.25) is 0 Å².